The molecular formula is C13H13Cl2N3. The molecule has 0 radical (unpaired) electrons. The summed E-state index contributed by atoms with van der Waals surface area (Å²) in [6, 6.07) is 7.63. The van der Waals surface area contributed by atoms with Gasteiger partial charge in [-0.15, -0.1) is 0 Å². The molecule has 0 saturated carbocycles. The molecule has 0 spiro atoms. The van der Waals surface area contributed by atoms with Crippen LogP contribution in [-0.2, 0) is 6.42 Å². The molecule has 1 heterocycles. The first-order chi connectivity index (χ1) is 8.72. The maximum absolute atomic E-state index is 6.19. The number of halogens is 2. The lowest BCUT2D eigenvalue weighted by Crippen LogP contribution is -2.20. The molecule has 0 aliphatic carbocycles. The number of hydrogen-bond donors (Lipinski definition) is 1. The Morgan fingerprint density at radius 2 is 2.11 bits per heavy atom. The summed E-state index contributed by atoms with van der Waals surface area (Å²) >= 11 is 12.2. The highest BCUT2D eigenvalue weighted by Gasteiger charge is 2.14. The van der Waals surface area contributed by atoms with Gasteiger partial charge in [0.1, 0.15) is 6.33 Å². The lowest BCUT2D eigenvalue weighted by Gasteiger charge is -2.16. The Morgan fingerprint density at radius 3 is 2.78 bits per heavy atom. The molecule has 1 atom stereocenters. The van der Waals surface area contributed by atoms with E-state index in [-0.39, 0.29) is 6.04 Å². The zero-order valence-corrected chi connectivity index (χ0v) is 11.4. The van der Waals surface area contributed by atoms with Crippen molar-refractivity contribution in [3.63, 3.8) is 0 Å². The quantitative estimate of drug-likeness (QED) is 0.935. The van der Waals surface area contributed by atoms with Crippen LogP contribution in [0.25, 0.3) is 0 Å². The fourth-order valence-electron chi connectivity index (χ4n) is 1.79. The second-order valence-corrected chi connectivity index (χ2v) is 4.68. The number of nitrogens with zero attached hydrogens (tertiary/aromatic N) is 2. The van der Waals surface area contributed by atoms with Gasteiger partial charge in [-0.3, -0.25) is 0 Å². The lowest BCUT2D eigenvalue weighted by atomic mass is 10.0. The molecule has 0 fully saturated rings. The van der Waals surface area contributed by atoms with Gasteiger partial charge in [-0.05, 0) is 31.2 Å². The number of hydrogen-bond acceptors (Lipinski definition) is 3. The van der Waals surface area contributed by atoms with Crippen LogP contribution in [0.4, 0.5) is 0 Å². The van der Waals surface area contributed by atoms with E-state index in [1.807, 2.05) is 25.2 Å². The molecule has 3 nitrogen and oxygen atoms in total. The molecule has 0 aliphatic heterocycles. The van der Waals surface area contributed by atoms with Gasteiger partial charge in [0.25, 0.3) is 0 Å². The molecular weight excluding hydrogens is 269 g/mol. The molecule has 94 valence electrons. The van der Waals surface area contributed by atoms with Crippen LogP contribution in [0.1, 0.15) is 17.3 Å². The van der Waals surface area contributed by atoms with Gasteiger partial charge in [0.05, 0.1) is 21.8 Å². The number of benzene rings is 1. The topological polar surface area (TPSA) is 37.8 Å². The highest BCUT2D eigenvalue weighted by Crippen LogP contribution is 2.28. The summed E-state index contributed by atoms with van der Waals surface area (Å²) in [5, 5.41) is 4.40. The summed E-state index contributed by atoms with van der Waals surface area (Å²) in [4.78, 5) is 8.16. The van der Waals surface area contributed by atoms with Gasteiger partial charge in [0, 0.05) is 6.20 Å². The maximum Gasteiger partial charge on any atom is 0.115 e. The average Bonchev–Trinajstić information content (AvgIpc) is 2.41. The van der Waals surface area contributed by atoms with E-state index in [1.54, 1.807) is 18.6 Å². The van der Waals surface area contributed by atoms with Crippen molar-refractivity contribution in [2.24, 2.45) is 0 Å². The Bertz CT molecular complexity index is 517. The second kappa shape index (κ2) is 6.14. The monoisotopic (exact) mass is 281 g/mol. The highest BCUT2D eigenvalue weighted by molar-refractivity contribution is 6.42. The minimum Gasteiger partial charge on any atom is -0.311 e. The smallest absolute Gasteiger partial charge is 0.115 e. The normalized spacial score (nSPS) is 12.4. The number of aromatic nitrogens is 2. The minimum absolute atomic E-state index is 0.0870. The van der Waals surface area contributed by atoms with Gasteiger partial charge < -0.3 is 5.32 Å². The number of likely N-dealkylation sites (N-methyl/N-ethyl adjacent to an activating group) is 1. The predicted octanol–water partition coefficient (Wildman–Crippen LogP) is 3.29. The van der Waals surface area contributed by atoms with Crippen LogP contribution >= 0.6 is 23.2 Å². The van der Waals surface area contributed by atoms with Crippen molar-refractivity contribution >= 4 is 23.2 Å². The van der Waals surface area contributed by atoms with Crippen LogP contribution in [0.2, 0.25) is 10.0 Å². The summed E-state index contributed by atoms with van der Waals surface area (Å²) in [5.41, 5.74) is 1.94. The highest BCUT2D eigenvalue weighted by atomic mass is 35.5. The Balaban J connectivity index is 2.24. The third kappa shape index (κ3) is 2.99. The fraction of sp³-hybridized carbons (Fsp3) is 0.231. The molecule has 1 aromatic heterocycles. The molecule has 0 bridgehead atoms. The first-order valence-electron chi connectivity index (χ1n) is 5.58. The van der Waals surface area contributed by atoms with Crippen molar-refractivity contribution in [2.45, 2.75) is 12.5 Å². The summed E-state index contributed by atoms with van der Waals surface area (Å²) in [5.74, 6) is 0. The van der Waals surface area contributed by atoms with Crippen molar-refractivity contribution in [1.82, 2.24) is 15.3 Å². The van der Waals surface area contributed by atoms with E-state index >= 15 is 0 Å². The number of rotatable bonds is 4. The van der Waals surface area contributed by atoms with Crippen LogP contribution in [0.3, 0.4) is 0 Å². The molecule has 5 heteroatoms. The van der Waals surface area contributed by atoms with Crippen molar-refractivity contribution in [2.75, 3.05) is 7.05 Å². The van der Waals surface area contributed by atoms with Crippen LogP contribution < -0.4 is 5.32 Å². The second-order valence-electron chi connectivity index (χ2n) is 3.89. The largest absolute Gasteiger partial charge is 0.311 e. The standard InChI is InChI=1S/C13H13Cl2N3/c1-16-12(11-5-6-17-8-18-11)7-9-3-2-4-10(14)13(9)15/h2-6,8,12,16H,7H2,1H3. The maximum atomic E-state index is 6.19. The Labute approximate surface area is 116 Å². The molecule has 0 amide bonds. The molecule has 1 unspecified atom stereocenters. The van der Waals surface area contributed by atoms with Gasteiger partial charge in [-0.25, -0.2) is 9.97 Å². The molecule has 0 aliphatic rings. The van der Waals surface area contributed by atoms with Crippen LogP contribution in [0, 0.1) is 0 Å². The lowest BCUT2D eigenvalue weighted by molar-refractivity contribution is 0.574. The Morgan fingerprint density at radius 1 is 1.28 bits per heavy atom. The molecule has 18 heavy (non-hydrogen) atoms. The zero-order valence-electron chi connectivity index (χ0n) is 9.90. The van der Waals surface area contributed by atoms with Gasteiger partial charge in [0.15, 0.2) is 0 Å². The molecule has 2 rings (SSSR count). The fourth-order valence-corrected chi connectivity index (χ4v) is 2.18. The van der Waals surface area contributed by atoms with E-state index in [4.69, 9.17) is 23.2 Å². The van der Waals surface area contributed by atoms with E-state index in [2.05, 4.69) is 15.3 Å². The van der Waals surface area contributed by atoms with E-state index in [9.17, 15) is 0 Å². The van der Waals surface area contributed by atoms with Crippen molar-refractivity contribution in [1.29, 1.82) is 0 Å². The van der Waals surface area contributed by atoms with E-state index in [0.29, 0.717) is 10.0 Å². The van der Waals surface area contributed by atoms with Crippen molar-refractivity contribution in [3.8, 4) is 0 Å². The van der Waals surface area contributed by atoms with Crippen LogP contribution in [-0.4, -0.2) is 17.0 Å². The molecule has 1 aromatic carbocycles. The third-order valence-electron chi connectivity index (χ3n) is 2.77. The molecule has 2 aromatic rings. The van der Waals surface area contributed by atoms with Gasteiger partial charge in [0.2, 0.25) is 0 Å². The van der Waals surface area contributed by atoms with Gasteiger partial charge in [-0.2, -0.15) is 0 Å². The first-order valence-corrected chi connectivity index (χ1v) is 6.34. The Kier molecular flexibility index (Phi) is 4.53. The Hall–Kier alpha value is -1.16. The van der Waals surface area contributed by atoms with Gasteiger partial charge >= 0.3 is 0 Å². The molecule has 0 saturated heterocycles. The van der Waals surface area contributed by atoms with Crippen LogP contribution in [0.5, 0.6) is 0 Å². The molecule has 1 N–H and O–H groups in total. The minimum atomic E-state index is 0.0870. The SMILES string of the molecule is CNC(Cc1cccc(Cl)c1Cl)c1ccncn1. The van der Waals surface area contributed by atoms with Crippen molar-refractivity contribution < 1.29 is 0 Å². The van der Waals surface area contributed by atoms with Crippen molar-refractivity contribution in [3.05, 3.63) is 58.1 Å². The van der Waals surface area contributed by atoms with E-state index < -0.39 is 0 Å². The third-order valence-corrected chi connectivity index (χ3v) is 3.62. The summed E-state index contributed by atoms with van der Waals surface area (Å²) in [6.45, 7) is 0. The van der Waals surface area contributed by atoms with Crippen LogP contribution in [0.15, 0.2) is 36.8 Å². The van der Waals surface area contributed by atoms with Gasteiger partial charge in [-0.1, -0.05) is 35.3 Å². The first kappa shape index (κ1) is 13.3. The summed E-state index contributed by atoms with van der Waals surface area (Å²) in [6.07, 6.45) is 4.00. The predicted molar refractivity (Wildman–Crippen MR) is 74.0 cm³/mol. The zero-order chi connectivity index (χ0) is 13.0. The van der Waals surface area contributed by atoms with E-state index in [0.717, 1.165) is 17.7 Å². The average molecular weight is 282 g/mol. The van der Waals surface area contributed by atoms with E-state index in [1.165, 1.54) is 0 Å². The number of nitrogens with one attached hydrogen (secondary N) is 1. The summed E-state index contributed by atoms with van der Waals surface area (Å²) in [7, 11) is 1.89. The summed E-state index contributed by atoms with van der Waals surface area (Å²) < 4.78 is 0.